The van der Waals surface area contributed by atoms with Gasteiger partial charge in [-0.25, -0.2) is 4.98 Å². The maximum Gasteiger partial charge on any atom is 0.260 e. The first-order valence-corrected chi connectivity index (χ1v) is 10.6. The van der Waals surface area contributed by atoms with E-state index in [0.29, 0.717) is 22.8 Å². The van der Waals surface area contributed by atoms with Gasteiger partial charge in [0.1, 0.15) is 0 Å². The number of nitrogens with zero attached hydrogens (tertiary/aromatic N) is 3. The monoisotopic (exact) mass is 495 g/mol. The highest BCUT2D eigenvalue weighted by molar-refractivity contribution is 9.10. The number of thiazole rings is 1. The Morgan fingerprint density at radius 2 is 1.69 bits per heavy atom. The number of fused-ring (bicyclic) bond motifs is 1. The number of carbonyl (C=O) groups is 2. The number of Topliss-reactive ketones (excluding diaryl/α,β-unsaturated/α-hetero) is 1. The number of halogens is 2. The molecule has 0 bridgehead atoms. The van der Waals surface area contributed by atoms with Crippen molar-refractivity contribution in [1.29, 1.82) is 0 Å². The van der Waals surface area contributed by atoms with Gasteiger partial charge in [0.2, 0.25) is 0 Å². The zero-order valence-electron chi connectivity index (χ0n) is 16.5. The minimum absolute atomic E-state index is 0. The molecule has 0 aliphatic rings. The summed E-state index contributed by atoms with van der Waals surface area (Å²) >= 11 is 4.99. The third-order valence-electron chi connectivity index (χ3n) is 4.34. The number of hydrogen-bond donors (Lipinski definition) is 0. The van der Waals surface area contributed by atoms with Gasteiger partial charge >= 0.3 is 0 Å². The number of hydrogen-bond acceptors (Lipinski definition) is 5. The van der Waals surface area contributed by atoms with Gasteiger partial charge in [0.05, 0.1) is 10.2 Å². The van der Waals surface area contributed by atoms with Crippen LogP contribution < -0.4 is 4.90 Å². The van der Waals surface area contributed by atoms with Crippen LogP contribution in [0.4, 0.5) is 5.13 Å². The number of ketones is 1. The number of amides is 1. The largest absolute Gasteiger partial charge is 0.309 e. The van der Waals surface area contributed by atoms with Crippen LogP contribution in [0, 0.1) is 0 Å². The van der Waals surface area contributed by atoms with Crippen LogP contribution in [-0.2, 0) is 0 Å². The van der Waals surface area contributed by atoms with Crippen LogP contribution in [0.1, 0.15) is 34.1 Å². The highest BCUT2D eigenvalue weighted by Crippen LogP contribution is 2.31. The summed E-state index contributed by atoms with van der Waals surface area (Å²) in [5, 5.41) is 0.688. The molecule has 1 aromatic heterocycles. The third kappa shape index (κ3) is 5.85. The molecule has 8 heteroatoms. The molecule has 0 N–H and O–H groups in total. The molecule has 2 aromatic carbocycles. The molecule has 5 nitrogen and oxygen atoms in total. The molecule has 3 rings (SSSR count). The smallest absolute Gasteiger partial charge is 0.260 e. The molecule has 0 radical (unpaired) electrons. The van der Waals surface area contributed by atoms with Crippen molar-refractivity contribution >= 4 is 66.7 Å². The van der Waals surface area contributed by atoms with Crippen molar-refractivity contribution in [3.05, 3.63) is 58.1 Å². The predicted molar refractivity (Wildman–Crippen MR) is 126 cm³/mol. The van der Waals surface area contributed by atoms with Crippen LogP contribution in [0.15, 0.2) is 46.9 Å². The molecule has 3 aromatic rings. The van der Waals surface area contributed by atoms with Crippen molar-refractivity contribution in [3.63, 3.8) is 0 Å². The molecular weight excluding hydrogens is 474 g/mol. The van der Waals surface area contributed by atoms with E-state index in [1.54, 1.807) is 29.2 Å². The Morgan fingerprint density at radius 1 is 1.03 bits per heavy atom. The Kier molecular flexibility index (Phi) is 8.34. The van der Waals surface area contributed by atoms with Crippen LogP contribution in [0.25, 0.3) is 10.2 Å². The van der Waals surface area contributed by atoms with Gasteiger partial charge in [0.25, 0.3) is 5.91 Å². The molecule has 0 saturated heterocycles. The summed E-state index contributed by atoms with van der Waals surface area (Å²) in [4.78, 5) is 33.2. The molecule has 0 spiro atoms. The predicted octanol–water partition coefficient (Wildman–Crippen LogP) is 5.28. The molecule has 0 fully saturated rings. The normalized spacial score (nSPS) is 10.8. The maximum absolute atomic E-state index is 13.2. The van der Waals surface area contributed by atoms with E-state index in [0.717, 1.165) is 27.7 Å². The molecule has 0 unspecified atom stereocenters. The van der Waals surface area contributed by atoms with E-state index >= 15 is 0 Å². The SMILES string of the molecule is CC(=O)c1ccc(C(=O)N(CCCN(C)C)c2nc3ccc(Br)cc3s2)cc1.Cl. The van der Waals surface area contributed by atoms with E-state index in [9.17, 15) is 9.59 Å². The van der Waals surface area contributed by atoms with Crippen molar-refractivity contribution in [2.75, 3.05) is 32.1 Å². The molecule has 1 amide bonds. The molecule has 29 heavy (non-hydrogen) atoms. The lowest BCUT2D eigenvalue weighted by atomic mass is 10.1. The van der Waals surface area contributed by atoms with E-state index in [-0.39, 0.29) is 24.1 Å². The minimum atomic E-state index is -0.105. The van der Waals surface area contributed by atoms with Crippen molar-refractivity contribution in [3.8, 4) is 0 Å². The lowest BCUT2D eigenvalue weighted by molar-refractivity contribution is 0.0981. The topological polar surface area (TPSA) is 53.5 Å². The van der Waals surface area contributed by atoms with E-state index in [1.807, 2.05) is 32.3 Å². The van der Waals surface area contributed by atoms with Crippen molar-refractivity contribution in [1.82, 2.24) is 9.88 Å². The fourth-order valence-electron chi connectivity index (χ4n) is 2.83. The van der Waals surface area contributed by atoms with Crippen LogP contribution in [0.3, 0.4) is 0 Å². The average molecular weight is 497 g/mol. The number of rotatable bonds is 7. The first-order chi connectivity index (χ1) is 13.3. The van der Waals surface area contributed by atoms with Gasteiger partial charge in [0, 0.05) is 22.1 Å². The minimum Gasteiger partial charge on any atom is -0.309 e. The van der Waals surface area contributed by atoms with E-state index in [1.165, 1.54) is 18.3 Å². The van der Waals surface area contributed by atoms with Crippen LogP contribution >= 0.6 is 39.7 Å². The van der Waals surface area contributed by atoms with Gasteiger partial charge < -0.3 is 4.90 Å². The van der Waals surface area contributed by atoms with Crippen LogP contribution in [0.5, 0.6) is 0 Å². The highest BCUT2D eigenvalue weighted by atomic mass is 79.9. The van der Waals surface area contributed by atoms with Gasteiger partial charge in [-0.15, -0.1) is 12.4 Å². The Hall–Kier alpha value is -1.80. The molecule has 0 aliphatic carbocycles. The summed E-state index contributed by atoms with van der Waals surface area (Å²) in [5.41, 5.74) is 2.02. The van der Waals surface area contributed by atoms with E-state index in [4.69, 9.17) is 0 Å². The summed E-state index contributed by atoms with van der Waals surface area (Å²) in [6.07, 6.45) is 0.837. The van der Waals surface area contributed by atoms with Crippen molar-refractivity contribution in [2.24, 2.45) is 0 Å². The average Bonchev–Trinajstić information content (AvgIpc) is 3.07. The Morgan fingerprint density at radius 3 is 2.31 bits per heavy atom. The summed E-state index contributed by atoms with van der Waals surface area (Å²) in [6, 6.07) is 12.7. The van der Waals surface area contributed by atoms with Gasteiger partial charge in [-0.3, -0.25) is 14.5 Å². The molecule has 0 atom stereocenters. The molecule has 1 heterocycles. The van der Waals surface area contributed by atoms with Gasteiger partial charge in [-0.05, 0) is 64.3 Å². The molecule has 0 aliphatic heterocycles. The summed E-state index contributed by atoms with van der Waals surface area (Å²) in [5.74, 6) is -0.120. The lowest BCUT2D eigenvalue weighted by Crippen LogP contribution is -2.33. The van der Waals surface area contributed by atoms with Crippen LogP contribution in [-0.4, -0.2) is 48.8 Å². The fraction of sp³-hybridized carbons (Fsp3) is 0.286. The second kappa shape index (κ2) is 10.3. The Labute approximate surface area is 189 Å². The van der Waals surface area contributed by atoms with Crippen LogP contribution in [0.2, 0.25) is 0 Å². The number of aromatic nitrogens is 1. The molecular formula is C21H23BrClN3O2S. The Balaban J connectivity index is 0.00000300. The van der Waals surface area contributed by atoms with Crippen molar-refractivity contribution < 1.29 is 9.59 Å². The summed E-state index contributed by atoms with van der Waals surface area (Å²) in [7, 11) is 4.03. The molecule has 154 valence electrons. The summed E-state index contributed by atoms with van der Waals surface area (Å²) in [6.45, 7) is 2.97. The van der Waals surface area contributed by atoms with Crippen molar-refractivity contribution in [2.45, 2.75) is 13.3 Å². The van der Waals surface area contributed by atoms with E-state index < -0.39 is 0 Å². The van der Waals surface area contributed by atoms with Gasteiger partial charge in [-0.1, -0.05) is 39.4 Å². The van der Waals surface area contributed by atoms with Gasteiger partial charge in [-0.2, -0.15) is 0 Å². The zero-order valence-corrected chi connectivity index (χ0v) is 19.7. The first kappa shape index (κ1) is 23.5. The number of anilines is 1. The molecule has 0 saturated carbocycles. The zero-order chi connectivity index (χ0) is 20.3. The quantitative estimate of drug-likeness (QED) is 0.418. The third-order valence-corrected chi connectivity index (χ3v) is 5.88. The second-order valence-electron chi connectivity index (χ2n) is 6.86. The number of benzene rings is 2. The van der Waals surface area contributed by atoms with Gasteiger partial charge in [0.15, 0.2) is 10.9 Å². The maximum atomic E-state index is 13.2. The lowest BCUT2D eigenvalue weighted by Gasteiger charge is -2.21. The number of carbonyl (C=O) groups excluding carboxylic acids is 2. The Bertz CT molecular complexity index is 1000. The first-order valence-electron chi connectivity index (χ1n) is 8.99. The van der Waals surface area contributed by atoms with E-state index in [2.05, 4.69) is 25.8 Å². The summed E-state index contributed by atoms with van der Waals surface area (Å²) < 4.78 is 2.02. The highest BCUT2D eigenvalue weighted by Gasteiger charge is 2.21. The standard InChI is InChI=1S/C21H22BrN3O2S.ClH/c1-14(26)15-5-7-16(8-6-15)20(27)25(12-4-11-24(2)3)21-23-18-10-9-17(22)13-19(18)28-21;/h5-10,13H,4,11-12H2,1-3H3;1H. The second-order valence-corrected chi connectivity index (χ2v) is 8.78. The fourth-order valence-corrected chi connectivity index (χ4v) is 4.38.